The van der Waals surface area contributed by atoms with Gasteiger partial charge in [-0.05, 0) is 31.5 Å². The fraction of sp³-hybridized carbons (Fsp3) is 0.250. The van der Waals surface area contributed by atoms with Crippen LogP contribution in [0, 0.1) is 6.92 Å². The Morgan fingerprint density at radius 1 is 1.45 bits per heavy atom. The summed E-state index contributed by atoms with van der Waals surface area (Å²) >= 11 is 5.98. The van der Waals surface area contributed by atoms with Crippen molar-refractivity contribution in [1.29, 1.82) is 0 Å². The topological polar surface area (TPSA) is 60.1 Å². The van der Waals surface area contributed by atoms with Crippen molar-refractivity contribution in [2.75, 3.05) is 6.54 Å². The van der Waals surface area contributed by atoms with Gasteiger partial charge in [0.15, 0.2) is 5.76 Å². The molecule has 0 atom stereocenters. The number of furan rings is 1. The normalized spacial score (nSPS) is 11.0. The third-order valence-corrected chi connectivity index (χ3v) is 3.78. The van der Waals surface area contributed by atoms with Gasteiger partial charge in [0.05, 0.1) is 6.33 Å². The Bertz CT molecular complexity index is 793. The second kappa shape index (κ2) is 6.23. The van der Waals surface area contributed by atoms with Crippen LogP contribution >= 0.6 is 11.6 Å². The van der Waals surface area contributed by atoms with Gasteiger partial charge in [-0.25, -0.2) is 4.98 Å². The van der Waals surface area contributed by atoms with E-state index in [1.165, 1.54) is 0 Å². The summed E-state index contributed by atoms with van der Waals surface area (Å²) in [5, 5.41) is 4.38. The van der Waals surface area contributed by atoms with Crippen LogP contribution in [0.3, 0.4) is 0 Å². The van der Waals surface area contributed by atoms with Crippen molar-refractivity contribution in [2.45, 2.75) is 19.9 Å². The lowest BCUT2D eigenvalue weighted by atomic mass is 10.1. The molecule has 0 fully saturated rings. The van der Waals surface area contributed by atoms with E-state index in [-0.39, 0.29) is 5.91 Å². The number of hydrogen-bond donors (Lipinski definition) is 1. The number of fused-ring (bicyclic) bond motifs is 1. The maximum Gasteiger partial charge on any atom is 0.287 e. The molecular weight excluding hydrogens is 302 g/mol. The van der Waals surface area contributed by atoms with E-state index in [0.717, 1.165) is 23.9 Å². The molecule has 1 aromatic carbocycles. The summed E-state index contributed by atoms with van der Waals surface area (Å²) < 4.78 is 7.61. The number of halogens is 1. The van der Waals surface area contributed by atoms with Crippen molar-refractivity contribution < 1.29 is 9.21 Å². The molecule has 0 aliphatic heterocycles. The summed E-state index contributed by atoms with van der Waals surface area (Å²) in [6.45, 7) is 3.26. The number of imidazole rings is 1. The van der Waals surface area contributed by atoms with Crippen LogP contribution < -0.4 is 5.32 Å². The molecule has 0 bridgehead atoms. The van der Waals surface area contributed by atoms with Crippen molar-refractivity contribution >= 4 is 28.5 Å². The highest BCUT2D eigenvalue weighted by atomic mass is 35.5. The van der Waals surface area contributed by atoms with Crippen LogP contribution in [0.2, 0.25) is 5.02 Å². The Kier molecular flexibility index (Phi) is 4.15. The summed E-state index contributed by atoms with van der Waals surface area (Å²) in [7, 11) is 0. The van der Waals surface area contributed by atoms with Crippen LogP contribution in [-0.2, 0) is 6.54 Å². The third-order valence-electron chi connectivity index (χ3n) is 3.54. The predicted octanol–water partition coefficient (Wildman–Crippen LogP) is 3.41. The molecule has 0 saturated heterocycles. The number of rotatable bonds is 5. The molecule has 0 saturated carbocycles. The number of nitrogens with zero attached hydrogens (tertiary/aromatic N) is 2. The monoisotopic (exact) mass is 317 g/mol. The number of benzene rings is 1. The average molecular weight is 318 g/mol. The van der Waals surface area contributed by atoms with E-state index < -0.39 is 0 Å². The van der Waals surface area contributed by atoms with Gasteiger partial charge in [-0.1, -0.05) is 11.6 Å². The number of carbonyl (C=O) groups excluding carboxylic acids is 1. The van der Waals surface area contributed by atoms with E-state index in [9.17, 15) is 4.79 Å². The fourth-order valence-corrected chi connectivity index (χ4v) is 2.54. The van der Waals surface area contributed by atoms with Crippen molar-refractivity contribution in [2.24, 2.45) is 0 Å². The second-order valence-electron chi connectivity index (χ2n) is 5.11. The Morgan fingerprint density at radius 3 is 3.09 bits per heavy atom. The summed E-state index contributed by atoms with van der Waals surface area (Å²) in [4.78, 5) is 16.2. The molecular formula is C16H16ClN3O2. The van der Waals surface area contributed by atoms with E-state index in [4.69, 9.17) is 16.0 Å². The smallest absolute Gasteiger partial charge is 0.287 e. The summed E-state index contributed by atoms with van der Waals surface area (Å²) in [5.74, 6) is 0.148. The van der Waals surface area contributed by atoms with Gasteiger partial charge >= 0.3 is 0 Å². The molecule has 2 heterocycles. The lowest BCUT2D eigenvalue weighted by molar-refractivity contribution is 0.0926. The van der Waals surface area contributed by atoms with E-state index in [2.05, 4.69) is 10.3 Å². The molecule has 0 radical (unpaired) electrons. The van der Waals surface area contributed by atoms with Crippen molar-refractivity contribution in [1.82, 2.24) is 14.9 Å². The van der Waals surface area contributed by atoms with Gasteiger partial charge in [-0.2, -0.15) is 0 Å². The summed E-state index contributed by atoms with van der Waals surface area (Å²) in [6.07, 6.45) is 6.22. The fourth-order valence-electron chi connectivity index (χ4n) is 2.37. The number of carbonyl (C=O) groups is 1. The number of aryl methyl sites for hydroxylation is 2. The van der Waals surface area contributed by atoms with Gasteiger partial charge in [-0.3, -0.25) is 4.79 Å². The Hall–Kier alpha value is -2.27. The molecule has 3 rings (SSSR count). The molecule has 1 N–H and O–H groups in total. The second-order valence-corrected chi connectivity index (χ2v) is 5.54. The van der Waals surface area contributed by atoms with Crippen LogP contribution in [0.1, 0.15) is 22.5 Å². The minimum absolute atomic E-state index is 0.199. The van der Waals surface area contributed by atoms with Crippen LogP contribution in [0.25, 0.3) is 11.0 Å². The SMILES string of the molecule is Cc1c(C(=O)NCCCn2ccnc2)oc2ccc(Cl)cc12. The molecule has 22 heavy (non-hydrogen) atoms. The van der Waals surface area contributed by atoms with Gasteiger partial charge in [-0.15, -0.1) is 0 Å². The number of aromatic nitrogens is 2. The van der Waals surface area contributed by atoms with Gasteiger partial charge in [0.25, 0.3) is 5.91 Å². The molecule has 0 unspecified atom stereocenters. The first kappa shape index (κ1) is 14.7. The van der Waals surface area contributed by atoms with E-state index in [0.29, 0.717) is 22.9 Å². The molecule has 0 spiro atoms. The van der Waals surface area contributed by atoms with Gasteiger partial charge in [0.1, 0.15) is 5.58 Å². The highest BCUT2D eigenvalue weighted by Crippen LogP contribution is 2.27. The molecule has 114 valence electrons. The van der Waals surface area contributed by atoms with Crippen molar-refractivity contribution in [3.05, 3.63) is 53.3 Å². The van der Waals surface area contributed by atoms with E-state index in [1.54, 1.807) is 24.7 Å². The maximum atomic E-state index is 12.2. The largest absolute Gasteiger partial charge is 0.451 e. The van der Waals surface area contributed by atoms with Crippen LogP contribution in [-0.4, -0.2) is 22.0 Å². The average Bonchev–Trinajstić information content (AvgIpc) is 3.12. The van der Waals surface area contributed by atoms with E-state index in [1.807, 2.05) is 23.8 Å². The highest BCUT2D eigenvalue weighted by molar-refractivity contribution is 6.31. The number of nitrogens with one attached hydrogen (secondary N) is 1. The zero-order chi connectivity index (χ0) is 15.5. The lowest BCUT2D eigenvalue weighted by Crippen LogP contribution is -2.25. The van der Waals surface area contributed by atoms with Crippen LogP contribution in [0.5, 0.6) is 0 Å². The Labute approximate surface area is 132 Å². The van der Waals surface area contributed by atoms with Gasteiger partial charge < -0.3 is 14.3 Å². The van der Waals surface area contributed by atoms with Crippen LogP contribution in [0.4, 0.5) is 0 Å². The Morgan fingerprint density at radius 2 is 2.32 bits per heavy atom. The third kappa shape index (κ3) is 2.99. The van der Waals surface area contributed by atoms with Crippen molar-refractivity contribution in [3.63, 3.8) is 0 Å². The molecule has 3 aromatic rings. The minimum Gasteiger partial charge on any atom is -0.451 e. The Balaban J connectivity index is 1.63. The zero-order valence-corrected chi connectivity index (χ0v) is 12.9. The minimum atomic E-state index is -0.199. The molecule has 6 heteroatoms. The van der Waals surface area contributed by atoms with Crippen molar-refractivity contribution in [3.8, 4) is 0 Å². The van der Waals surface area contributed by atoms with Gasteiger partial charge in [0.2, 0.25) is 0 Å². The predicted molar refractivity (Wildman–Crippen MR) is 85.1 cm³/mol. The standard InChI is InChI=1S/C16H16ClN3O2/c1-11-13-9-12(17)3-4-14(13)22-15(11)16(21)19-5-2-7-20-8-6-18-10-20/h3-4,6,8-10H,2,5,7H2,1H3,(H,19,21). The number of hydrogen-bond acceptors (Lipinski definition) is 3. The first-order valence-corrected chi connectivity index (χ1v) is 7.45. The zero-order valence-electron chi connectivity index (χ0n) is 12.2. The summed E-state index contributed by atoms with van der Waals surface area (Å²) in [5.41, 5.74) is 1.48. The lowest BCUT2D eigenvalue weighted by Gasteiger charge is -2.04. The molecule has 5 nitrogen and oxygen atoms in total. The molecule has 0 aliphatic rings. The summed E-state index contributed by atoms with van der Waals surface area (Å²) in [6, 6.07) is 5.34. The highest BCUT2D eigenvalue weighted by Gasteiger charge is 2.17. The maximum absolute atomic E-state index is 12.2. The van der Waals surface area contributed by atoms with Gasteiger partial charge in [0, 0.05) is 41.5 Å². The molecule has 0 aliphatic carbocycles. The van der Waals surface area contributed by atoms with Crippen LogP contribution in [0.15, 0.2) is 41.3 Å². The molecule has 2 aromatic heterocycles. The quantitative estimate of drug-likeness (QED) is 0.734. The van der Waals surface area contributed by atoms with E-state index >= 15 is 0 Å². The molecule has 1 amide bonds. The first-order valence-electron chi connectivity index (χ1n) is 7.08. The number of amides is 1. The first-order chi connectivity index (χ1) is 10.6.